The summed E-state index contributed by atoms with van der Waals surface area (Å²) in [5, 5.41) is 0.605. The van der Waals surface area contributed by atoms with Crippen LogP contribution in [-0.4, -0.2) is 45.3 Å². The first-order valence-corrected chi connectivity index (χ1v) is 28.6. The van der Waals surface area contributed by atoms with Gasteiger partial charge in [-0.3, -0.25) is 28.9 Å². The summed E-state index contributed by atoms with van der Waals surface area (Å²) in [7, 11) is 0. The normalized spacial score (nSPS) is 12.8. The van der Waals surface area contributed by atoms with Gasteiger partial charge in [-0.05, 0) is 162 Å². The van der Waals surface area contributed by atoms with E-state index in [-0.39, 0.29) is 30.4 Å². The second-order valence-electron chi connectivity index (χ2n) is 20.4. The zero-order valence-electron chi connectivity index (χ0n) is 47.5. The highest BCUT2D eigenvalue weighted by Gasteiger charge is 2.34. The molecule has 7 aromatic rings. The Hall–Kier alpha value is -8.30. The molecule has 2 aliphatic rings. The van der Waals surface area contributed by atoms with Gasteiger partial charge in [0.1, 0.15) is 0 Å². The molecule has 9 heteroatoms. The Bertz CT molecular complexity index is 3250. The van der Waals surface area contributed by atoms with Crippen LogP contribution in [0, 0.1) is 0 Å². The minimum atomic E-state index is -0.657. The number of rotatable bonds is 21. The maximum absolute atomic E-state index is 13.0. The first-order valence-electron chi connectivity index (χ1n) is 28.6. The van der Waals surface area contributed by atoms with Crippen LogP contribution in [0.25, 0.3) is 0 Å². The van der Waals surface area contributed by atoms with Crippen molar-refractivity contribution in [2.45, 2.75) is 138 Å². The fourth-order valence-electron chi connectivity index (χ4n) is 9.77. The van der Waals surface area contributed by atoms with Crippen LogP contribution in [0.2, 0.25) is 0 Å². The molecule has 0 spiro atoms. The maximum Gasteiger partial charge on any atom is 0.364 e. The number of imide groups is 2. The van der Waals surface area contributed by atoms with E-state index in [1.165, 1.54) is 67.1 Å². The molecule has 9 rings (SSSR count). The van der Waals surface area contributed by atoms with Gasteiger partial charge in [0.15, 0.2) is 5.78 Å². The second kappa shape index (κ2) is 29.6. The molecule has 0 bridgehead atoms. The van der Waals surface area contributed by atoms with E-state index in [1.54, 1.807) is 6.07 Å². The zero-order valence-corrected chi connectivity index (χ0v) is 47.5. The highest BCUT2D eigenvalue weighted by molar-refractivity contribution is 6.13. The van der Waals surface area contributed by atoms with Gasteiger partial charge in [-0.1, -0.05) is 187 Å². The number of hydrogen-bond acceptors (Lipinski definition) is 7. The van der Waals surface area contributed by atoms with E-state index in [0.717, 1.165) is 104 Å². The van der Waals surface area contributed by atoms with Gasteiger partial charge >= 0.3 is 5.97 Å². The molecule has 1 saturated heterocycles. The van der Waals surface area contributed by atoms with E-state index < -0.39 is 17.8 Å². The van der Waals surface area contributed by atoms with Crippen molar-refractivity contribution in [3.63, 3.8) is 0 Å². The van der Waals surface area contributed by atoms with E-state index in [0.29, 0.717) is 23.6 Å². The summed E-state index contributed by atoms with van der Waals surface area (Å²) < 4.78 is 0. The molecule has 2 aliphatic heterocycles. The van der Waals surface area contributed by atoms with Crippen molar-refractivity contribution in [3.05, 3.63) is 259 Å². The van der Waals surface area contributed by atoms with Crippen LogP contribution >= 0.6 is 0 Å². The lowest BCUT2D eigenvalue weighted by Crippen LogP contribution is -2.32. The lowest BCUT2D eigenvalue weighted by Gasteiger charge is -2.18. The smallest absolute Gasteiger partial charge is 0.325 e. The van der Waals surface area contributed by atoms with Gasteiger partial charge in [0.25, 0.3) is 23.6 Å². The predicted octanol–water partition coefficient (Wildman–Crippen LogP) is 13.7. The number of nitrogens with zero attached hydrogens (tertiary/aromatic N) is 2. The average molecular weight is 1070 g/mol. The van der Waals surface area contributed by atoms with Crippen LogP contribution in [0.4, 0.5) is 0 Å². The Morgan fingerprint density at radius 3 is 1.19 bits per heavy atom. The van der Waals surface area contributed by atoms with E-state index in [9.17, 15) is 28.8 Å². The monoisotopic (exact) mass is 1070 g/mol. The molecule has 2 heterocycles. The number of hydrogen-bond donors (Lipinski definition) is 0. The molecule has 0 radical (unpaired) electrons. The third kappa shape index (κ3) is 16.4. The Morgan fingerprint density at radius 2 is 0.750 bits per heavy atom. The van der Waals surface area contributed by atoms with Crippen molar-refractivity contribution in [1.82, 2.24) is 9.96 Å². The highest BCUT2D eigenvalue weighted by Crippen LogP contribution is 2.24. The standard InChI is InChI=1S/C25H26O.C23H25NO4.C23H25NO2/c1-3-19-10-12-21(13-11-19)15-17-22-16-14-20(4-2)18-24(22)25(26)23-8-6-5-7-9-23;1-3-16-5-7-18(8-6-16)10-12-19-11-9-17(4-2)15-20(19)23(27)28-24-21(25)13-14-22(24)26;1-3-17-5-7-19(8-6-17)10-12-20-11-9-18(4-2)15-21(20)16-24-22(25)13-14-23(24)26/h5-14,16,18H,3-4,15,17H2,1-2H3;5-9,11,15H,3-4,10,12-14H2,1-2H3;5-9,11,13-15H,3-4,10,12,16H2,1-2H3. The van der Waals surface area contributed by atoms with Crippen LogP contribution < -0.4 is 0 Å². The SMILES string of the molecule is CCc1ccc(CCc2ccc(CC)cc2C(=O)ON2C(=O)CCC2=O)cc1.CCc1ccc(CCc2ccc(CC)cc2C(=O)c2ccccc2)cc1.CCc1ccc(CCc2ccc(CC)cc2CN2C(=O)C=CC2=O)cc1. The van der Waals surface area contributed by atoms with Crippen molar-refractivity contribution in [1.29, 1.82) is 0 Å². The molecule has 80 heavy (non-hydrogen) atoms. The quantitative estimate of drug-likeness (QED) is 0.0519. The topological polar surface area (TPSA) is 118 Å². The van der Waals surface area contributed by atoms with E-state index in [2.05, 4.69) is 144 Å². The number of hydroxylamine groups is 2. The van der Waals surface area contributed by atoms with Gasteiger partial charge in [0, 0.05) is 36.1 Å². The summed E-state index contributed by atoms with van der Waals surface area (Å²) in [6.07, 6.45) is 13.8. The fourth-order valence-corrected chi connectivity index (χ4v) is 9.77. The fraction of sp³-hybridized carbons (Fsp3) is 0.296. The van der Waals surface area contributed by atoms with Gasteiger partial charge < -0.3 is 4.84 Å². The maximum atomic E-state index is 13.0. The average Bonchev–Trinajstić information content (AvgIpc) is 4.01. The van der Waals surface area contributed by atoms with Crippen molar-refractivity contribution >= 4 is 35.4 Å². The van der Waals surface area contributed by atoms with Crippen LogP contribution in [0.1, 0.15) is 153 Å². The minimum Gasteiger partial charge on any atom is -0.325 e. The lowest BCUT2D eigenvalue weighted by molar-refractivity contribution is -0.172. The van der Waals surface area contributed by atoms with Crippen LogP contribution in [0.3, 0.4) is 0 Å². The Labute approximate surface area is 473 Å². The van der Waals surface area contributed by atoms with Crippen LogP contribution in [-0.2, 0) is 108 Å². The molecule has 0 unspecified atom stereocenters. The van der Waals surface area contributed by atoms with Crippen molar-refractivity contribution in [2.75, 3.05) is 0 Å². The van der Waals surface area contributed by atoms with Gasteiger partial charge in [-0.15, -0.1) is 5.06 Å². The molecule has 0 aromatic heterocycles. The molecular formula is C71H76N2O7. The van der Waals surface area contributed by atoms with Crippen molar-refractivity contribution < 1.29 is 33.6 Å². The third-order valence-electron chi connectivity index (χ3n) is 15.1. The Balaban J connectivity index is 0.000000174. The number of benzene rings is 7. The van der Waals surface area contributed by atoms with Gasteiger partial charge in [0.2, 0.25) is 0 Å². The summed E-state index contributed by atoms with van der Waals surface area (Å²) in [5.74, 6) is -1.92. The van der Waals surface area contributed by atoms with E-state index in [4.69, 9.17) is 4.84 Å². The summed E-state index contributed by atoms with van der Waals surface area (Å²) >= 11 is 0. The molecule has 4 amide bonds. The summed E-state index contributed by atoms with van der Waals surface area (Å²) in [6, 6.07) is 54.1. The molecule has 9 nitrogen and oxygen atoms in total. The zero-order chi connectivity index (χ0) is 57.0. The second-order valence-corrected chi connectivity index (χ2v) is 20.4. The molecule has 0 N–H and O–H groups in total. The molecule has 412 valence electrons. The lowest BCUT2D eigenvalue weighted by atomic mass is 9.92. The minimum absolute atomic E-state index is 0.0850. The number of ketones is 1. The van der Waals surface area contributed by atoms with Gasteiger partial charge in [-0.25, -0.2) is 4.79 Å². The first kappa shape index (κ1) is 59.4. The third-order valence-corrected chi connectivity index (χ3v) is 15.1. The molecule has 0 aliphatic carbocycles. The van der Waals surface area contributed by atoms with Crippen molar-refractivity contribution in [3.8, 4) is 0 Å². The molecule has 7 aromatic carbocycles. The number of carbonyl (C=O) groups excluding carboxylic acids is 6. The first-order chi connectivity index (χ1) is 38.8. The largest absolute Gasteiger partial charge is 0.364 e. The molecule has 1 fully saturated rings. The molecule has 0 atom stereocenters. The predicted molar refractivity (Wildman–Crippen MR) is 318 cm³/mol. The molecule has 0 saturated carbocycles. The number of amides is 4. The Morgan fingerprint density at radius 1 is 0.388 bits per heavy atom. The van der Waals surface area contributed by atoms with Gasteiger partial charge in [0.05, 0.1) is 12.1 Å². The number of aryl methyl sites for hydroxylation is 12. The van der Waals surface area contributed by atoms with Gasteiger partial charge in [-0.2, -0.15) is 0 Å². The van der Waals surface area contributed by atoms with Crippen molar-refractivity contribution in [2.24, 2.45) is 0 Å². The molecular weight excluding hydrogens is 993 g/mol. The van der Waals surface area contributed by atoms with Crippen LogP contribution in [0.5, 0.6) is 0 Å². The summed E-state index contributed by atoms with van der Waals surface area (Å²) in [5.41, 5.74) is 17.5. The van der Waals surface area contributed by atoms with E-state index >= 15 is 0 Å². The van der Waals surface area contributed by atoms with E-state index in [1.807, 2.05) is 49.4 Å². The Kier molecular flexibility index (Phi) is 22.0. The summed E-state index contributed by atoms with van der Waals surface area (Å²) in [4.78, 5) is 79.5. The highest BCUT2D eigenvalue weighted by atomic mass is 16.7. The number of carbonyl (C=O) groups is 6. The van der Waals surface area contributed by atoms with Crippen LogP contribution in [0.15, 0.2) is 170 Å². The summed E-state index contributed by atoms with van der Waals surface area (Å²) in [6.45, 7) is 13.1.